The number of urea groups is 1. The Labute approximate surface area is 168 Å². The zero-order chi connectivity index (χ0) is 21.0. The number of benzene rings is 2. The van der Waals surface area contributed by atoms with Crippen molar-refractivity contribution in [1.82, 2.24) is 10.2 Å². The van der Waals surface area contributed by atoms with E-state index in [2.05, 4.69) is 10.6 Å². The third-order valence-corrected chi connectivity index (χ3v) is 4.30. The fraction of sp³-hybridized carbons (Fsp3) is 0.190. The Kier molecular flexibility index (Phi) is 5.82. The van der Waals surface area contributed by atoms with E-state index in [9.17, 15) is 14.4 Å². The summed E-state index contributed by atoms with van der Waals surface area (Å²) in [6.45, 7) is 1.50. The van der Waals surface area contributed by atoms with E-state index in [1.165, 1.54) is 20.3 Å². The molecule has 0 spiro atoms. The standard InChI is InChI=1S/C21H21N3O5/c1-13-6-4-8-15(10-13)22-18(25)12-24-20(26)16(23-21(24)27)11-14-7-5-9-17(28-2)19(14)29-3/h4-11H,12H2,1-3H3,(H,22,25)(H,23,27)/b16-11+. The maximum absolute atomic E-state index is 12.6. The van der Waals surface area contributed by atoms with E-state index >= 15 is 0 Å². The molecule has 0 aliphatic carbocycles. The van der Waals surface area contributed by atoms with Gasteiger partial charge in [-0.1, -0.05) is 24.3 Å². The van der Waals surface area contributed by atoms with Gasteiger partial charge in [0.25, 0.3) is 5.91 Å². The molecular weight excluding hydrogens is 374 g/mol. The number of aryl methyl sites for hydroxylation is 1. The topological polar surface area (TPSA) is 97.0 Å². The Hall–Kier alpha value is -3.81. The van der Waals surface area contributed by atoms with Gasteiger partial charge in [-0.05, 0) is 36.8 Å². The molecule has 8 nitrogen and oxygen atoms in total. The van der Waals surface area contributed by atoms with Crippen molar-refractivity contribution in [2.45, 2.75) is 6.92 Å². The number of ether oxygens (including phenoxy) is 2. The van der Waals surface area contributed by atoms with Crippen LogP contribution in [0.5, 0.6) is 11.5 Å². The van der Waals surface area contributed by atoms with Crippen LogP contribution in [0.2, 0.25) is 0 Å². The summed E-state index contributed by atoms with van der Waals surface area (Å²) >= 11 is 0. The van der Waals surface area contributed by atoms with Gasteiger partial charge in [0, 0.05) is 11.3 Å². The molecule has 2 N–H and O–H groups in total. The van der Waals surface area contributed by atoms with Crippen molar-refractivity contribution in [2.75, 3.05) is 26.1 Å². The number of hydrogen-bond donors (Lipinski definition) is 2. The fourth-order valence-electron chi connectivity index (χ4n) is 2.96. The van der Waals surface area contributed by atoms with Crippen LogP contribution in [0, 0.1) is 6.92 Å². The number of anilines is 1. The van der Waals surface area contributed by atoms with Gasteiger partial charge in [0.15, 0.2) is 11.5 Å². The second-order valence-electron chi connectivity index (χ2n) is 6.38. The first-order chi connectivity index (χ1) is 13.9. The summed E-state index contributed by atoms with van der Waals surface area (Å²) in [5.74, 6) is -0.147. The molecule has 0 unspecified atom stereocenters. The van der Waals surface area contributed by atoms with Crippen LogP contribution in [0.3, 0.4) is 0 Å². The molecule has 0 atom stereocenters. The number of amides is 4. The minimum absolute atomic E-state index is 0.0462. The highest BCUT2D eigenvalue weighted by molar-refractivity contribution is 6.16. The summed E-state index contributed by atoms with van der Waals surface area (Å²) in [5, 5.41) is 5.17. The number of rotatable bonds is 6. The van der Waals surface area contributed by atoms with Crippen molar-refractivity contribution in [1.29, 1.82) is 0 Å². The third-order valence-electron chi connectivity index (χ3n) is 4.30. The number of para-hydroxylation sites is 1. The minimum atomic E-state index is -0.664. The number of nitrogens with one attached hydrogen (secondary N) is 2. The molecule has 3 rings (SSSR count). The zero-order valence-electron chi connectivity index (χ0n) is 16.3. The lowest BCUT2D eigenvalue weighted by atomic mass is 10.1. The highest BCUT2D eigenvalue weighted by Gasteiger charge is 2.35. The molecule has 1 saturated heterocycles. The minimum Gasteiger partial charge on any atom is -0.493 e. The molecule has 150 valence electrons. The maximum atomic E-state index is 12.6. The molecule has 0 saturated carbocycles. The first kappa shape index (κ1) is 19.9. The van der Waals surface area contributed by atoms with Gasteiger partial charge in [0.1, 0.15) is 12.2 Å². The lowest BCUT2D eigenvalue weighted by Gasteiger charge is -2.12. The molecule has 8 heteroatoms. The normalized spacial score (nSPS) is 14.7. The number of imide groups is 1. The molecule has 0 radical (unpaired) electrons. The van der Waals surface area contributed by atoms with E-state index in [-0.39, 0.29) is 5.70 Å². The van der Waals surface area contributed by atoms with Crippen LogP contribution >= 0.6 is 0 Å². The lowest BCUT2D eigenvalue weighted by molar-refractivity contribution is -0.127. The van der Waals surface area contributed by atoms with Crippen LogP contribution in [-0.4, -0.2) is 43.5 Å². The summed E-state index contributed by atoms with van der Waals surface area (Å²) in [6.07, 6.45) is 1.49. The van der Waals surface area contributed by atoms with E-state index < -0.39 is 24.4 Å². The van der Waals surface area contributed by atoms with Gasteiger partial charge in [0.05, 0.1) is 14.2 Å². The Bertz CT molecular complexity index is 1000. The van der Waals surface area contributed by atoms with Gasteiger partial charge in [-0.15, -0.1) is 0 Å². The van der Waals surface area contributed by atoms with Crippen molar-refractivity contribution in [3.8, 4) is 11.5 Å². The summed E-state index contributed by atoms with van der Waals surface area (Å²) in [4.78, 5) is 38.0. The van der Waals surface area contributed by atoms with Crippen LogP contribution in [0.4, 0.5) is 10.5 Å². The Morgan fingerprint density at radius 3 is 2.59 bits per heavy atom. The Morgan fingerprint density at radius 1 is 1.14 bits per heavy atom. The predicted molar refractivity (Wildman–Crippen MR) is 108 cm³/mol. The molecule has 0 bridgehead atoms. The summed E-state index contributed by atoms with van der Waals surface area (Å²) in [5.41, 5.74) is 2.18. The summed E-state index contributed by atoms with van der Waals surface area (Å²) in [7, 11) is 2.99. The van der Waals surface area contributed by atoms with Gasteiger partial charge >= 0.3 is 6.03 Å². The van der Waals surface area contributed by atoms with Crippen molar-refractivity contribution < 1.29 is 23.9 Å². The highest BCUT2D eigenvalue weighted by Crippen LogP contribution is 2.32. The second kappa shape index (κ2) is 8.47. The van der Waals surface area contributed by atoms with E-state index in [1.807, 2.05) is 13.0 Å². The Morgan fingerprint density at radius 2 is 1.90 bits per heavy atom. The van der Waals surface area contributed by atoms with E-state index in [1.54, 1.807) is 36.4 Å². The van der Waals surface area contributed by atoms with E-state index in [4.69, 9.17) is 9.47 Å². The molecule has 29 heavy (non-hydrogen) atoms. The molecule has 4 amide bonds. The van der Waals surface area contributed by atoms with Crippen LogP contribution in [0.25, 0.3) is 6.08 Å². The first-order valence-electron chi connectivity index (χ1n) is 8.85. The fourth-order valence-corrected chi connectivity index (χ4v) is 2.96. The number of carbonyl (C=O) groups is 3. The second-order valence-corrected chi connectivity index (χ2v) is 6.38. The molecular formula is C21H21N3O5. The number of nitrogens with zero attached hydrogens (tertiary/aromatic N) is 1. The van der Waals surface area contributed by atoms with E-state index in [0.29, 0.717) is 22.7 Å². The number of carbonyl (C=O) groups excluding carboxylic acids is 3. The van der Waals surface area contributed by atoms with Gasteiger partial charge in [-0.25, -0.2) is 9.69 Å². The molecule has 2 aromatic rings. The van der Waals surface area contributed by atoms with Crippen LogP contribution < -0.4 is 20.1 Å². The molecule has 1 heterocycles. The monoisotopic (exact) mass is 395 g/mol. The smallest absolute Gasteiger partial charge is 0.329 e. The van der Waals surface area contributed by atoms with Gasteiger partial charge in [-0.2, -0.15) is 0 Å². The molecule has 1 aliphatic heterocycles. The van der Waals surface area contributed by atoms with Crippen LogP contribution in [0.1, 0.15) is 11.1 Å². The van der Waals surface area contributed by atoms with Crippen molar-refractivity contribution in [2.24, 2.45) is 0 Å². The van der Waals surface area contributed by atoms with Crippen molar-refractivity contribution in [3.05, 3.63) is 59.3 Å². The van der Waals surface area contributed by atoms with Gasteiger partial charge in [-0.3, -0.25) is 9.59 Å². The number of hydrogen-bond acceptors (Lipinski definition) is 5. The average molecular weight is 395 g/mol. The quantitative estimate of drug-likeness (QED) is 0.579. The lowest BCUT2D eigenvalue weighted by Crippen LogP contribution is -2.38. The van der Waals surface area contributed by atoms with Crippen molar-refractivity contribution >= 4 is 29.6 Å². The van der Waals surface area contributed by atoms with Crippen molar-refractivity contribution in [3.63, 3.8) is 0 Å². The predicted octanol–water partition coefficient (Wildman–Crippen LogP) is 2.54. The molecule has 1 aliphatic rings. The zero-order valence-corrected chi connectivity index (χ0v) is 16.3. The maximum Gasteiger partial charge on any atom is 0.329 e. The Balaban J connectivity index is 1.76. The largest absolute Gasteiger partial charge is 0.493 e. The molecule has 1 fully saturated rings. The van der Waals surface area contributed by atoms with Crippen LogP contribution in [-0.2, 0) is 9.59 Å². The van der Waals surface area contributed by atoms with Gasteiger partial charge in [0.2, 0.25) is 5.91 Å². The summed E-state index contributed by atoms with van der Waals surface area (Å²) < 4.78 is 10.6. The highest BCUT2D eigenvalue weighted by atomic mass is 16.5. The first-order valence-corrected chi connectivity index (χ1v) is 8.85. The average Bonchev–Trinajstić information content (AvgIpc) is 2.95. The molecule has 0 aromatic heterocycles. The van der Waals surface area contributed by atoms with Gasteiger partial charge < -0.3 is 20.1 Å². The third kappa shape index (κ3) is 4.37. The molecule has 2 aromatic carbocycles. The summed E-state index contributed by atoms with van der Waals surface area (Å²) in [6, 6.07) is 11.8. The number of methoxy groups -OCH3 is 2. The van der Waals surface area contributed by atoms with E-state index in [0.717, 1.165) is 10.5 Å². The SMILES string of the molecule is COc1cccc(/C=C2/NC(=O)N(CC(=O)Nc3cccc(C)c3)C2=O)c1OC. The van der Waals surface area contributed by atoms with Crippen LogP contribution in [0.15, 0.2) is 48.2 Å².